The van der Waals surface area contributed by atoms with Crippen LogP contribution in [0.4, 0.5) is 17.3 Å². The van der Waals surface area contributed by atoms with Crippen LogP contribution >= 0.6 is 0 Å². The molecule has 1 fully saturated rings. The average molecular weight is 292 g/mol. The first-order valence-corrected chi connectivity index (χ1v) is 7.80. The summed E-state index contributed by atoms with van der Waals surface area (Å²) in [6, 6.07) is 3.23. The van der Waals surface area contributed by atoms with Crippen molar-refractivity contribution in [2.24, 2.45) is 5.92 Å². The van der Waals surface area contributed by atoms with Crippen molar-refractivity contribution in [3.05, 3.63) is 22.2 Å². The zero-order valence-corrected chi connectivity index (χ0v) is 12.8. The predicted octanol–water partition coefficient (Wildman–Crippen LogP) is 3.44. The fraction of sp³-hybridized carbons (Fsp3) is 0.667. The van der Waals surface area contributed by atoms with E-state index in [4.69, 9.17) is 0 Å². The second-order valence-electron chi connectivity index (χ2n) is 5.55. The summed E-state index contributed by atoms with van der Waals surface area (Å²) in [4.78, 5) is 17.4. The largest absolute Gasteiger partial charge is 0.370 e. The van der Waals surface area contributed by atoms with E-state index in [1.807, 2.05) is 6.92 Å². The lowest BCUT2D eigenvalue weighted by molar-refractivity contribution is -0.384. The highest BCUT2D eigenvalue weighted by atomic mass is 16.6. The van der Waals surface area contributed by atoms with Crippen LogP contribution in [0.5, 0.6) is 0 Å². The van der Waals surface area contributed by atoms with Crippen LogP contribution in [0.15, 0.2) is 12.1 Å². The molecule has 0 aliphatic carbocycles. The molecule has 1 saturated heterocycles. The fourth-order valence-electron chi connectivity index (χ4n) is 2.94. The monoisotopic (exact) mass is 292 g/mol. The molecule has 0 saturated carbocycles. The van der Waals surface area contributed by atoms with Gasteiger partial charge >= 0.3 is 5.69 Å². The summed E-state index contributed by atoms with van der Waals surface area (Å²) in [6.07, 6.45) is 4.65. The zero-order valence-electron chi connectivity index (χ0n) is 12.8. The van der Waals surface area contributed by atoms with Gasteiger partial charge in [0, 0.05) is 25.7 Å². The van der Waals surface area contributed by atoms with Crippen LogP contribution in [0.25, 0.3) is 0 Å². The molecular weight excluding hydrogens is 268 g/mol. The van der Waals surface area contributed by atoms with E-state index in [0.29, 0.717) is 11.6 Å². The minimum atomic E-state index is -0.337. The second-order valence-corrected chi connectivity index (χ2v) is 5.55. The number of nitrogens with zero attached hydrogens (tertiary/aromatic N) is 3. The number of rotatable bonds is 6. The quantitative estimate of drug-likeness (QED) is 0.642. The molecule has 0 atom stereocenters. The molecule has 21 heavy (non-hydrogen) atoms. The van der Waals surface area contributed by atoms with Gasteiger partial charge < -0.3 is 10.2 Å². The van der Waals surface area contributed by atoms with Crippen LogP contribution in [-0.2, 0) is 0 Å². The molecule has 1 N–H and O–H groups in total. The molecular formula is C15H24N4O2. The maximum Gasteiger partial charge on any atom is 0.311 e. The molecule has 0 unspecified atom stereocenters. The Kier molecular flexibility index (Phi) is 5.36. The van der Waals surface area contributed by atoms with Crippen LogP contribution in [-0.4, -0.2) is 29.5 Å². The summed E-state index contributed by atoms with van der Waals surface area (Å²) in [6.45, 7) is 6.66. The maximum absolute atomic E-state index is 11.2. The smallest absolute Gasteiger partial charge is 0.311 e. The van der Waals surface area contributed by atoms with E-state index >= 15 is 0 Å². The van der Waals surface area contributed by atoms with E-state index in [2.05, 4.69) is 22.1 Å². The molecule has 0 amide bonds. The Morgan fingerprint density at radius 2 is 2.10 bits per heavy atom. The average Bonchev–Trinajstić information content (AvgIpc) is 2.48. The number of nitrogens with one attached hydrogen (secondary N) is 1. The first-order valence-electron chi connectivity index (χ1n) is 7.80. The summed E-state index contributed by atoms with van der Waals surface area (Å²) in [5.41, 5.74) is 0.102. The molecule has 0 radical (unpaired) electrons. The Balaban J connectivity index is 2.17. The van der Waals surface area contributed by atoms with Gasteiger partial charge in [0.05, 0.1) is 4.92 Å². The lowest BCUT2D eigenvalue weighted by Crippen LogP contribution is -2.34. The number of pyridine rings is 1. The standard InChI is InChI=1S/C15H24N4O2/c1-3-5-12-8-10-18(11-9-12)15-13(19(20)21)6-7-14(17-15)16-4-2/h6-7,12H,3-5,8-11H2,1-2H3,(H,16,17). The van der Waals surface area contributed by atoms with Gasteiger partial charge in [-0.3, -0.25) is 10.1 Å². The van der Waals surface area contributed by atoms with Crippen molar-refractivity contribution < 1.29 is 4.92 Å². The molecule has 6 heteroatoms. The number of piperidine rings is 1. The molecule has 0 aromatic carbocycles. The Morgan fingerprint density at radius 1 is 1.38 bits per heavy atom. The van der Waals surface area contributed by atoms with E-state index in [1.54, 1.807) is 12.1 Å². The summed E-state index contributed by atoms with van der Waals surface area (Å²) in [5.74, 6) is 1.96. The number of aromatic nitrogens is 1. The van der Waals surface area contributed by atoms with Crippen LogP contribution in [0, 0.1) is 16.0 Å². The van der Waals surface area contributed by atoms with Gasteiger partial charge in [-0.2, -0.15) is 0 Å². The van der Waals surface area contributed by atoms with E-state index in [-0.39, 0.29) is 10.6 Å². The lowest BCUT2D eigenvalue weighted by Gasteiger charge is -2.32. The van der Waals surface area contributed by atoms with Crippen LogP contribution < -0.4 is 10.2 Å². The molecule has 116 valence electrons. The highest BCUT2D eigenvalue weighted by molar-refractivity contribution is 5.62. The third kappa shape index (κ3) is 3.83. The van der Waals surface area contributed by atoms with Gasteiger partial charge in [0.2, 0.25) is 5.82 Å². The third-order valence-corrected chi connectivity index (χ3v) is 4.02. The predicted molar refractivity (Wildman–Crippen MR) is 84.9 cm³/mol. The molecule has 2 heterocycles. The Bertz CT molecular complexity index is 485. The molecule has 1 aliphatic heterocycles. The highest BCUT2D eigenvalue weighted by Gasteiger charge is 2.26. The Labute approximate surface area is 125 Å². The van der Waals surface area contributed by atoms with E-state index in [1.165, 1.54) is 12.8 Å². The molecule has 1 aromatic heterocycles. The third-order valence-electron chi connectivity index (χ3n) is 4.02. The minimum absolute atomic E-state index is 0.102. The molecule has 2 rings (SSSR count). The van der Waals surface area contributed by atoms with Gasteiger partial charge in [-0.05, 0) is 31.7 Å². The zero-order chi connectivity index (χ0) is 15.2. The lowest BCUT2D eigenvalue weighted by atomic mass is 9.92. The molecule has 1 aromatic rings. The number of hydrogen-bond donors (Lipinski definition) is 1. The van der Waals surface area contributed by atoms with E-state index < -0.39 is 0 Å². The van der Waals surface area contributed by atoms with Crippen molar-refractivity contribution in [2.45, 2.75) is 39.5 Å². The van der Waals surface area contributed by atoms with Gasteiger partial charge in [-0.15, -0.1) is 0 Å². The summed E-state index contributed by atoms with van der Waals surface area (Å²) in [7, 11) is 0. The summed E-state index contributed by atoms with van der Waals surface area (Å²) < 4.78 is 0. The second kappa shape index (κ2) is 7.24. The van der Waals surface area contributed by atoms with Crippen molar-refractivity contribution in [3.63, 3.8) is 0 Å². The maximum atomic E-state index is 11.2. The van der Waals surface area contributed by atoms with E-state index in [9.17, 15) is 10.1 Å². The normalized spacial score (nSPS) is 16.0. The fourth-order valence-corrected chi connectivity index (χ4v) is 2.94. The molecule has 6 nitrogen and oxygen atoms in total. The Morgan fingerprint density at radius 3 is 2.67 bits per heavy atom. The first-order chi connectivity index (χ1) is 10.2. The van der Waals surface area contributed by atoms with Crippen LogP contribution in [0.3, 0.4) is 0 Å². The van der Waals surface area contributed by atoms with Crippen molar-refractivity contribution >= 4 is 17.3 Å². The van der Waals surface area contributed by atoms with Crippen molar-refractivity contribution in [2.75, 3.05) is 29.9 Å². The Hall–Kier alpha value is -1.85. The SMILES string of the molecule is CCCC1CCN(c2nc(NCC)ccc2[N+](=O)[O-])CC1. The first kappa shape index (κ1) is 15.5. The van der Waals surface area contributed by atoms with Gasteiger partial charge in [0.25, 0.3) is 0 Å². The van der Waals surface area contributed by atoms with Gasteiger partial charge in [-0.1, -0.05) is 19.8 Å². The van der Waals surface area contributed by atoms with Crippen molar-refractivity contribution in [1.82, 2.24) is 4.98 Å². The molecule has 1 aliphatic rings. The van der Waals surface area contributed by atoms with E-state index in [0.717, 1.165) is 38.4 Å². The van der Waals surface area contributed by atoms with Gasteiger partial charge in [0.1, 0.15) is 5.82 Å². The summed E-state index contributed by atoms with van der Waals surface area (Å²) >= 11 is 0. The number of nitro groups is 1. The summed E-state index contributed by atoms with van der Waals surface area (Å²) in [5, 5.41) is 14.3. The highest BCUT2D eigenvalue weighted by Crippen LogP contribution is 2.32. The number of anilines is 2. The van der Waals surface area contributed by atoms with Crippen LogP contribution in [0.2, 0.25) is 0 Å². The topological polar surface area (TPSA) is 71.3 Å². The van der Waals surface area contributed by atoms with Crippen LogP contribution in [0.1, 0.15) is 39.5 Å². The molecule has 0 bridgehead atoms. The van der Waals surface area contributed by atoms with Gasteiger partial charge in [-0.25, -0.2) is 4.98 Å². The minimum Gasteiger partial charge on any atom is -0.370 e. The van der Waals surface area contributed by atoms with Crippen molar-refractivity contribution in [3.8, 4) is 0 Å². The number of hydrogen-bond acceptors (Lipinski definition) is 5. The van der Waals surface area contributed by atoms with Gasteiger partial charge in [0.15, 0.2) is 0 Å². The molecule has 0 spiro atoms. The van der Waals surface area contributed by atoms with Crippen molar-refractivity contribution in [1.29, 1.82) is 0 Å².